The number of fused-ring (bicyclic) bond motifs is 1. The van der Waals surface area contributed by atoms with E-state index in [9.17, 15) is 4.79 Å². The fourth-order valence-corrected chi connectivity index (χ4v) is 1.75. The van der Waals surface area contributed by atoms with Gasteiger partial charge in [-0.05, 0) is 42.7 Å². The first-order chi connectivity index (χ1) is 7.29. The molecule has 1 aromatic rings. The topological polar surface area (TPSA) is 41.1 Å². The summed E-state index contributed by atoms with van der Waals surface area (Å²) in [4.78, 5) is 11.1. The molecule has 0 radical (unpaired) electrons. The second kappa shape index (κ2) is 4.17. The minimum Gasteiger partial charge on any atom is -0.385 e. The maximum absolute atomic E-state index is 11.1. The summed E-state index contributed by atoms with van der Waals surface area (Å²) in [6.45, 7) is 4.45. The van der Waals surface area contributed by atoms with Gasteiger partial charge in [0.1, 0.15) is 0 Å². The number of anilines is 2. The SMILES string of the molecule is C=CC(=O)Nc1ccc2c(c1)CCCN2. The number of hydrogen-bond acceptors (Lipinski definition) is 2. The minimum absolute atomic E-state index is 0.168. The Morgan fingerprint density at radius 2 is 2.40 bits per heavy atom. The van der Waals surface area contributed by atoms with Crippen LogP contribution in [0, 0.1) is 0 Å². The summed E-state index contributed by atoms with van der Waals surface area (Å²) in [7, 11) is 0. The maximum Gasteiger partial charge on any atom is 0.247 e. The molecule has 1 heterocycles. The van der Waals surface area contributed by atoms with Crippen molar-refractivity contribution < 1.29 is 4.79 Å². The van der Waals surface area contributed by atoms with Crippen LogP contribution in [0.2, 0.25) is 0 Å². The van der Waals surface area contributed by atoms with Gasteiger partial charge in [0.15, 0.2) is 0 Å². The molecule has 2 N–H and O–H groups in total. The van der Waals surface area contributed by atoms with Crippen LogP contribution < -0.4 is 10.6 Å². The molecular formula is C12H14N2O. The van der Waals surface area contributed by atoms with Crippen LogP contribution in [0.1, 0.15) is 12.0 Å². The second-order valence-electron chi connectivity index (χ2n) is 3.60. The van der Waals surface area contributed by atoms with Gasteiger partial charge in [0.25, 0.3) is 0 Å². The van der Waals surface area contributed by atoms with Gasteiger partial charge < -0.3 is 10.6 Å². The van der Waals surface area contributed by atoms with Gasteiger partial charge in [0.2, 0.25) is 5.91 Å². The lowest BCUT2D eigenvalue weighted by Gasteiger charge is -2.18. The molecule has 0 unspecified atom stereocenters. The second-order valence-corrected chi connectivity index (χ2v) is 3.60. The van der Waals surface area contributed by atoms with Gasteiger partial charge >= 0.3 is 0 Å². The van der Waals surface area contributed by atoms with Crippen molar-refractivity contribution >= 4 is 17.3 Å². The quantitative estimate of drug-likeness (QED) is 0.722. The van der Waals surface area contributed by atoms with Crippen LogP contribution in [0.25, 0.3) is 0 Å². The molecule has 3 nitrogen and oxygen atoms in total. The number of aryl methyl sites for hydroxylation is 1. The number of carbonyl (C=O) groups excluding carboxylic acids is 1. The molecule has 78 valence electrons. The molecule has 0 fully saturated rings. The Morgan fingerprint density at radius 1 is 1.53 bits per heavy atom. The number of benzene rings is 1. The van der Waals surface area contributed by atoms with E-state index in [0.29, 0.717) is 0 Å². The third-order valence-electron chi connectivity index (χ3n) is 2.50. The van der Waals surface area contributed by atoms with Crippen molar-refractivity contribution in [1.82, 2.24) is 0 Å². The summed E-state index contributed by atoms with van der Waals surface area (Å²) < 4.78 is 0. The molecular weight excluding hydrogens is 188 g/mol. The molecule has 1 aromatic carbocycles. The molecule has 0 aromatic heterocycles. The van der Waals surface area contributed by atoms with Crippen molar-refractivity contribution in [1.29, 1.82) is 0 Å². The Bertz CT molecular complexity index is 399. The number of rotatable bonds is 2. The molecule has 2 rings (SSSR count). The smallest absolute Gasteiger partial charge is 0.247 e. The molecule has 0 saturated heterocycles. The highest BCUT2D eigenvalue weighted by atomic mass is 16.1. The van der Waals surface area contributed by atoms with E-state index in [2.05, 4.69) is 17.2 Å². The van der Waals surface area contributed by atoms with Crippen LogP contribution in [-0.2, 0) is 11.2 Å². The number of nitrogens with one attached hydrogen (secondary N) is 2. The van der Waals surface area contributed by atoms with Crippen LogP contribution in [0.15, 0.2) is 30.9 Å². The number of amides is 1. The number of hydrogen-bond donors (Lipinski definition) is 2. The zero-order valence-corrected chi connectivity index (χ0v) is 8.55. The van der Waals surface area contributed by atoms with E-state index < -0.39 is 0 Å². The fraction of sp³-hybridized carbons (Fsp3) is 0.250. The first-order valence-corrected chi connectivity index (χ1v) is 5.10. The zero-order chi connectivity index (χ0) is 10.7. The van der Waals surface area contributed by atoms with E-state index >= 15 is 0 Å². The standard InChI is InChI=1S/C12H14N2O/c1-2-12(15)14-10-5-6-11-9(8-10)4-3-7-13-11/h2,5-6,8,13H,1,3-4,7H2,(H,14,15). The Morgan fingerprint density at radius 3 is 3.20 bits per heavy atom. The predicted molar refractivity (Wildman–Crippen MR) is 62.1 cm³/mol. The van der Waals surface area contributed by atoms with Gasteiger partial charge in [0.05, 0.1) is 0 Å². The van der Waals surface area contributed by atoms with Crippen molar-refractivity contribution in [3.63, 3.8) is 0 Å². The normalized spacial score (nSPS) is 13.6. The van der Waals surface area contributed by atoms with Gasteiger partial charge in [-0.2, -0.15) is 0 Å². The molecule has 3 heteroatoms. The molecule has 0 atom stereocenters. The van der Waals surface area contributed by atoms with Crippen LogP contribution in [-0.4, -0.2) is 12.5 Å². The van der Waals surface area contributed by atoms with Crippen LogP contribution in [0.4, 0.5) is 11.4 Å². The van der Waals surface area contributed by atoms with Crippen LogP contribution >= 0.6 is 0 Å². The summed E-state index contributed by atoms with van der Waals surface area (Å²) >= 11 is 0. The zero-order valence-electron chi connectivity index (χ0n) is 8.55. The van der Waals surface area contributed by atoms with E-state index in [-0.39, 0.29) is 5.91 Å². The Labute approximate surface area is 89.2 Å². The van der Waals surface area contributed by atoms with Gasteiger partial charge in [-0.15, -0.1) is 0 Å². The van der Waals surface area contributed by atoms with Gasteiger partial charge in [-0.1, -0.05) is 6.58 Å². The average Bonchev–Trinajstić information content (AvgIpc) is 2.29. The molecule has 0 bridgehead atoms. The van der Waals surface area contributed by atoms with E-state index in [0.717, 1.165) is 25.1 Å². The van der Waals surface area contributed by atoms with E-state index in [1.165, 1.54) is 17.3 Å². The van der Waals surface area contributed by atoms with Crippen LogP contribution in [0.3, 0.4) is 0 Å². The molecule has 0 aliphatic carbocycles. The first kappa shape index (κ1) is 9.77. The minimum atomic E-state index is -0.168. The lowest BCUT2D eigenvalue weighted by molar-refractivity contribution is -0.111. The highest BCUT2D eigenvalue weighted by molar-refractivity contribution is 5.99. The molecule has 1 aliphatic heterocycles. The van der Waals surface area contributed by atoms with Crippen molar-refractivity contribution in [2.24, 2.45) is 0 Å². The van der Waals surface area contributed by atoms with Gasteiger partial charge in [0, 0.05) is 17.9 Å². The Hall–Kier alpha value is -1.77. The highest BCUT2D eigenvalue weighted by Gasteiger charge is 2.08. The van der Waals surface area contributed by atoms with Crippen molar-refractivity contribution in [3.8, 4) is 0 Å². The van der Waals surface area contributed by atoms with E-state index in [4.69, 9.17) is 0 Å². The lowest BCUT2D eigenvalue weighted by Crippen LogP contribution is -2.13. The van der Waals surface area contributed by atoms with E-state index in [1.54, 1.807) is 0 Å². The van der Waals surface area contributed by atoms with Crippen molar-refractivity contribution in [2.45, 2.75) is 12.8 Å². The van der Waals surface area contributed by atoms with Gasteiger partial charge in [-0.25, -0.2) is 0 Å². The predicted octanol–water partition coefficient (Wildman–Crippen LogP) is 2.17. The monoisotopic (exact) mass is 202 g/mol. The largest absolute Gasteiger partial charge is 0.385 e. The molecule has 0 saturated carbocycles. The first-order valence-electron chi connectivity index (χ1n) is 5.10. The summed E-state index contributed by atoms with van der Waals surface area (Å²) in [6, 6.07) is 5.93. The Kier molecular flexibility index (Phi) is 2.72. The van der Waals surface area contributed by atoms with Crippen molar-refractivity contribution in [2.75, 3.05) is 17.2 Å². The maximum atomic E-state index is 11.1. The third kappa shape index (κ3) is 2.18. The summed E-state index contributed by atoms with van der Waals surface area (Å²) in [5.41, 5.74) is 3.28. The third-order valence-corrected chi connectivity index (χ3v) is 2.50. The van der Waals surface area contributed by atoms with E-state index in [1.807, 2.05) is 18.2 Å². The van der Waals surface area contributed by atoms with Gasteiger partial charge in [-0.3, -0.25) is 4.79 Å². The molecule has 15 heavy (non-hydrogen) atoms. The molecule has 0 spiro atoms. The average molecular weight is 202 g/mol. The number of carbonyl (C=O) groups is 1. The summed E-state index contributed by atoms with van der Waals surface area (Å²) in [5, 5.41) is 6.08. The Balaban J connectivity index is 2.20. The summed E-state index contributed by atoms with van der Waals surface area (Å²) in [5.74, 6) is -0.168. The molecule has 1 aliphatic rings. The fourth-order valence-electron chi connectivity index (χ4n) is 1.75. The highest BCUT2D eigenvalue weighted by Crippen LogP contribution is 2.24. The van der Waals surface area contributed by atoms with Crippen LogP contribution in [0.5, 0.6) is 0 Å². The van der Waals surface area contributed by atoms with Crippen molar-refractivity contribution in [3.05, 3.63) is 36.4 Å². The summed E-state index contributed by atoms with van der Waals surface area (Å²) in [6.07, 6.45) is 3.49. The lowest BCUT2D eigenvalue weighted by atomic mass is 10.0. The molecule has 1 amide bonds.